The highest BCUT2D eigenvalue weighted by Gasteiger charge is 2.38. The molecular formula is C12H10BrNO4. The van der Waals surface area contributed by atoms with E-state index in [4.69, 9.17) is 0 Å². The quantitative estimate of drug-likeness (QED) is 0.856. The summed E-state index contributed by atoms with van der Waals surface area (Å²) in [5, 5.41) is 9.29. The SMILES string of the molecule is O=C1CC(=O)N(C(C(=O)O)c2ccccc2Br)C1. The van der Waals surface area contributed by atoms with Crippen molar-refractivity contribution < 1.29 is 19.5 Å². The molecule has 1 unspecified atom stereocenters. The summed E-state index contributed by atoms with van der Waals surface area (Å²) in [6.45, 7) is -0.142. The number of carbonyl (C=O) groups excluding carboxylic acids is 2. The molecule has 1 amide bonds. The Labute approximate surface area is 112 Å². The van der Waals surface area contributed by atoms with Gasteiger partial charge in [-0.05, 0) is 6.07 Å². The maximum Gasteiger partial charge on any atom is 0.331 e. The van der Waals surface area contributed by atoms with E-state index < -0.39 is 17.9 Å². The van der Waals surface area contributed by atoms with Crippen molar-refractivity contribution in [3.8, 4) is 0 Å². The third-order valence-corrected chi connectivity index (χ3v) is 3.48. The van der Waals surface area contributed by atoms with Crippen LogP contribution in [0.4, 0.5) is 0 Å². The Morgan fingerprint density at radius 3 is 2.50 bits per heavy atom. The Balaban J connectivity index is 2.41. The largest absolute Gasteiger partial charge is 0.479 e. The number of hydrogen-bond acceptors (Lipinski definition) is 3. The third-order valence-electron chi connectivity index (χ3n) is 2.76. The van der Waals surface area contributed by atoms with E-state index in [-0.39, 0.29) is 18.7 Å². The topological polar surface area (TPSA) is 74.7 Å². The van der Waals surface area contributed by atoms with Crippen LogP contribution in [0.3, 0.4) is 0 Å². The summed E-state index contributed by atoms with van der Waals surface area (Å²) < 4.78 is 0.601. The van der Waals surface area contributed by atoms with E-state index in [2.05, 4.69) is 15.9 Å². The summed E-state index contributed by atoms with van der Waals surface area (Å²) >= 11 is 3.26. The van der Waals surface area contributed by atoms with Crippen molar-refractivity contribution >= 4 is 33.6 Å². The van der Waals surface area contributed by atoms with Gasteiger partial charge in [-0.25, -0.2) is 4.79 Å². The molecule has 0 bridgehead atoms. The summed E-state index contributed by atoms with van der Waals surface area (Å²) in [5.74, 6) is -1.84. The van der Waals surface area contributed by atoms with Gasteiger partial charge in [-0.1, -0.05) is 34.1 Å². The van der Waals surface area contributed by atoms with Crippen molar-refractivity contribution in [3.63, 3.8) is 0 Å². The van der Waals surface area contributed by atoms with E-state index in [1.807, 2.05) is 0 Å². The van der Waals surface area contributed by atoms with Crippen LogP contribution >= 0.6 is 15.9 Å². The fourth-order valence-corrected chi connectivity index (χ4v) is 2.47. The number of amides is 1. The smallest absolute Gasteiger partial charge is 0.331 e. The molecule has 1 saturated heterocycles. The molecule has 0 aliphatic carbocycles. The van der Waals surface area contributed by atoms with Crippen LogP contribution in [-0.2, 0) is 14.4 Å². The highest BCUT2D eigenvalue weighted by molar-refractivity contribution is 9.10. The first kappa shape index (κ1) is 12.8. The van der Waals surface area contributed by atoms with Crippen molar-refractivity contribution in [2.45, 2.75) is 12.5 Å². The average molecular weight is 312 g/mol. The van der Waals surface area contributed by atoms with Crippen LogP contribution in [0, 0.1) is 0 Å². The summed E-state index contributed by atoms with van der Waals surface area (Å²) in [5.41, 5.74) is 0.466. The lowest BCUT2D eigenvalue weighted by Crippen LogP contribution is -2.35. The molecule has 6 heteroatoms. The lowest BCUT2D eigenvalue weighted by atomic mass is 10.1. The molecule has 1 atom stereocenters. The Kier molecular flexibility index (Phi) is 3.47. The lowest BCUT2D eigenvalue weighted by molar-refractivity contribution is -0.148. The van der Waals surface area contributed by atoms with Crippen molar-refractivity contribution in [2.75, 3.05) is 6.54 Å². The number of aliphatic carboxylic acids is 1. The lowest BCUT2D eigenvalue weighted by Gasteiger charge is -2.24. The van der Waals surface area contributed by atoms with Crippen molar-refractivity contribution in [2.24, 2.45) is 0 Å². The summed E-state index contributed by atoms with van der Waals surface area (Å²) in [6.07, 6.45) is -0.214. The Bertz CT molecular complexity index is 529. The van der Waals surface area contributed by atoms with Gasteiger partial charge in [0.05, 0.1) is 13.0 Å². The number of ketones is 1. The zero-order valence-corrected chi connectivity index (χ0v) is 10.9. The maximum absolute atomic E-state index is 11.6. The molecule has 0 radical (unpaired) electrons. The van der Waals surface area contributed by atoms with E-state index >= 15 is 0 Å². The van der Waals surface area contributed by atoms with Crippen molar-refractivity contribution in [1.29, 1.82) is 0 Å². The first-order valence-corrected chi connectivity index (χ1v) is 6.08. The molecule has 1 heterocycles. The molecule has 0 spiro atoms. The number of likely N-dealkylation sites (tertiary alicyclic amines) is 1. The van der Waals surface area contributed by atoms with Gasteiger partial charge < -0.3 is 10.0 Å². The molecule has 5 nitrogen and oxygen atoms in total. The highest BCUT2D eigenvalue weighted by atomic mass is 79.9. The molecule has 0 saturated carbocycles. The first-order valence-electron chi connectivity index (χ1n) is 5.29. The minimum atomic E-state index is -1.15. The van der Waals surface area contributed by atoms with Gasteiger partial charge >= 0.3 is 5.97 Å². The van der Waals surface area contributed by atoms with Crippen molar-refractivity contribution in [3.05, 3.63) is 34.3 Å². The van der Waals surface area contributed by atoms with Gasteiger partial charge in [0.15, 0.2) is 11.8 Å². The van der Waals surface area contributed by atoms with E-state index in [0.717, 1.165) is 4.90 Å². The van der Waals surface area contributed by atoms with Gasteiger partial charge in [0.1, 0.15) is 0 Å². The van der Waals surface area contributed by atoms with Gasteiger partial charge in [0.2, 0.25) is 5.91 Å². The molecule has 1 aliphatic rings. The average Bonchev–Trinajstić information content (AvgIpc) is 2.61. The Hall–Kier alpha value is -1.69. The number of carboxylic acids is 1. The van der Waals surface area contributed by atoms with Crippen LogP contribution in [0.5, 0.6) is 0 Å². The van der Waals surface area contributed by atoms with Crippen LogP contribution in [0.15, 0.2) is 28.7 Å². The number of carbonyl (C=O) groups is 3. The number of nitrogens with zero attached hydrogens (tertiary/aromatic N) is 1. The van der Waals surface area contributed by atoms with Gasteiger partial charge in [0, 0.05) is 10.0 Å². The number of rotatable bonds is 3. The van der Waals surface area contributed by atoms with Crippen LogP contribution in [0.2, 0.25) is 0 Å². The van der Waals surface area contributed by atoms with Gasteiger partial charge in [-0.15, -0.1) is 0 Å². The normalized spacial score (nSPS) is 17.1. The zero-order valence-electron chi connectivity index (χ0n) is 9.30. The fourth-order valence-electron chi connectivity index (χ4n) is 1.97. The molecule has 1 aromatic rings. The van der Waals surface area contributed by atoms with Crippen LogP contribution in [-0.4, -0.2) is 34.2 Å². The van der Waals surface area contributed by atoms with E-state index in [9.17, 15) is 19.5 Å². The van der Waals surface area contributed by atoms with Gasteiger partial charge in [-0.2, -0.15) is 0 Å². The van der Waals surface area contributed by atoms with Crippen molar-refractivity contribution in [1.82, 2.24) is 4.90 Å². The predicted octanol–water partition coefficient (Wildman–Crippen LogP) is 1.38. The molecule has 2 rings (SSSR count). The molecule has 1 fully saturated rings. The number of hydrogen-bond donors (Lipinski definition) is 1. The fraction of sp³-hybridized carbons (Fsp3) is 0.250. The summed E-state index contributed by atoms with van der Waals surface area (Å²) in [6, 6.07) is 5.65. The third kappa shape index (κ3) is 2.28. The van der Waals surface area contributed by atoms with Crippen LogP contribution < -0.4 is 0 Å². The van der Waals surface area contributed by atoms with Gasteiger partial charge in [0.25, 0.3) is 0 Å². The standard InChI is InChI=1S/C12H10BrNO4/c13-9-4-2-1-3-8(9)11(12(17)18)14-6-7(15)5-10(14)16/h1-4,11H,5-6H2,(H,17,18). The number of benzene rings is 1. The molecule has 94 valence electrons. The zero-order chi connectivity index (χ0) is 13.3. The van der Waals surface area contributed by atoms with E-state index in [0.29, 0.717) is 10.0 Å². The number of carboxylic acid groups (broad SMARTS) is 1. The minimum Gasteiger partial charge on any atom is -0.479 e. The minimum absolute atomic E-state index is 0.142. The number of Topliss-reactive ketones (excluding diaryl/α,β-unsaturated/α-hetero) is 1. The predicted molar refractivity (Wildman–Crippen MR) is 65.9 cm³/mol. The Morgan fingerprint density at radius 2 is 2.00 bits per heavy atom. The summed E-state index contributed by atoms with van der Waals surface area (Å²) in [7, 11) is 0. The molecular weight excluding hydrogens is 302 g/mol. The molecule has 1 aromatic carbocycles. The van der Waals surface area contributed by atoms with E-state index in [1.54, 1.807) is 24.3 Å². The number of halogens is 1. The Morgan fingerprint density at radius 1 is 1.33 bits per heavy atom. The molecule has 1 aliphatic heterocycles. The second-order valence-corrected chi connectivity index (χ2v) is 4.85. The molecule has 1 N–H and O–H groups in total. The first-order chi connectivity index (χ1) is 8.50. The summed E-state index contributed by atoms with van der Waals surface area (Å²) in [4.78, 5) is 35.3. The van der Waals surface area contributed by atoms with Crippen LogP contribution in [0.25, 0.3) is 0 Å². The monoisotopic (exact) mass is 311 g/mol. The van der Waals surface area contributed by atoms with E-state index in [1.165, 1.54) is 0 Å². The molecule has 18 heavy (non-hydrogen) atoms. The second kappa shape index (κ2) is 4.89. The maximum atomic E-state index is 11.6. The highest BCUT2D eigenvalue weighted by Crippen LogP contribution is 2.30. The molecule has 0 aromatic heterocycles. The van der Waals surface area contributed by atoms with Gasteiger partial charge in [-0.3, -0.25) is 9.59 Å². The second-order valence-electron chi connectivity index (χ2n) is 4.00. The van der Waals surface area contributed by atoms with Crippen LogP contribution in [0.1, 0.15) is 18.0 Å².